The Morgan fingerprint density at radius 3 is 2.78 bits per heavy atom. The van der Waals surface area contributed by atoms with Crippen LogP contribution >= 0.6 is 24.2 Å². The van der Waals surface area contributed by atoms with Gasteiger partial charge in [0.15, 0.2) is 11.5 Å². The van der Waals surface area contributed by atoms with Gasteiger partial charge >= 0.3 is 0 Å². The number of hydrogen-bond acceptors (Lipinski definition) is 5. The number of thioether (sulfide) groups is 1. The van der Waals surface area contributed by atoms with Crippen LogP contribution in [0, 0.1) is 5.92 Å². The number of nitrogens with two attached hydrogens (primary N) is 1. The second-order valence-corrected chi connectivity index (χ2v) is 6.88. The lowest BCUT2D eigenvalue weighted by molar-refractivity contribution is -0.120. The van der Waals surface area contributed by atoms with E-state index >= 15 is 0 Å². The summed E-state index contributed by atoms with van der Waals surface area (Å²) in [6.07, 6.45) is 2.91. The second kappa shape index (κ2) is 8.66. The summed E-state index contributed by atoms with van der Waals surface area (Å²) in [4.78, 5) is 12.9. The Kier molecular flexibility index (Phi) is 6.87. The fraction of sp³-hybridized carbons (Fsp3) is 0.562. The molecule has 2 aliphatic rings. The highest BCUT2D eigenvalue weighted by Gasteiger charge is 2.28. The van der Waals surface area contributed by atoms with E-state index in [9.17, 15) is 4.79 Å². The van der Waals surface area contributed by atoms with E-state index in [-0.39, 0.29) is 24.4 Å². The highest BCUT2D eigenvalue weighted by atomic mass is 35.5. The number of carbonyl (C=O) groups is 1. The number of fused-ring (bicyclic) bond motifs is 1. The fourth-order valence-corrected chi connectivity index (χ4v) is 3.26. The molecule has 3 rings (SSSR count). The lowest BCUT2D eigenvalue weighted by Gasteiger charge is -2.18. The molecule has 0 saturated heterocycles. The van der Waals surface area contributed by atoms with Crippen LogP contribution in [-0.2, 0) is 4.79 Å². The van der Waals surface area contributed by atoms with Gasteiger partial charge in [-0.15, -0.1) is 24.2 Å². The monoisotopic (exact) mass is 358 g/mol. The zero-order chi connectivity index (χ0) is 15.4. The predicted octanol–water partition coefficient (Wildman–Crippen LogP) is 2.22. The van der Waals surface area contributed by atoms with Crippen LogP contribution in [0.1, 0.15) is 19.3 Å². The van der Waals surface area contributed by atoms with Crippen molar-refractivity contribution in [1.82, 2.24) is 5.32 Å². The van der Waals surface area contributed by atoms with Gasteiger partial charge in [0.05, 0.1) is 0 Å². The van der Waals surface area contributed by atoms with Crippen LogP contribution in [0.25, 0.3) is 0 Å². The van der Waals surface area contributed by atoms with Gasteiger partial charge in [-0.25, -0.2) is 0 Å². The van der Waals surface area contributed by atoms with Crippen LogP contribution in [0.2, 0.25) is 0 Å². The Labute approximate surface area is 147 Å². The van der Waals surface area contributed by atoms with E-state index < -0.39 is 0 Å². The highest BCUT2D eigenvalue weighted by Crippen LogP contribution is 2.34. The molecule has 23 heavy (non-hydrogen) atoms. The van der Waals surface area contributed by atoms with Crippen LogP contribution in [0.5, 0.6) is 11.5 Å². The van der Waals surface area contributed by atoms with Gasteiger partial charge in [0, 0.05) is 29.7 Å². The molecule has 0 spiro atoms. The minimum absolute atomic E-state index is 0. The van der Waals surface area contributed by atoms with Gasteiger partial charge in [0.2, 0.25) is 5.91 Å². The predicted molar refractivity (Wildman–Crippen MR) is 93.7 cm³/mol. The smallest absolute Gasteiger partial charge is 0.220 e. The Bertz CT molecular complexity index is 540. The maximum absolute atomic E-state index is 11.8. The van der Waals surface area contributed by atoms with Crippen molar-refractivity contribution in [3.05, 3.63) is 18.2 Å². The Morgan fingerprint density at radius 2 is 2.04 bits per heavy atom. The maximum atomic E-state index is 11.8. The van der Waals surface area contributed by atoms with E-state index in [1.54, 1.807) is 11.8 Å². The topological polar surface area (TPSA) is 73.6 Å². The average molecular weight is 359 g/mol. The molecule has 1 aliphatic heterocycles. The summed E-state index contributed by atoms with van der Waals surface area (Å²) in [6, 6.07) is 6.01. The first kappa shape index (κ1) is 18.2. The summed E-state index contributed by atoms with van der Waals surface area (Å²) < 4.78 is 11.0. The first-order valence-electron chi connectivity index (χ1n) is 7.77. The van der Waals surface area contributed by atoms with Gasteiger partial charge in [-0.05, 0) is 37.0 Å². The standard InChI is InChI=1S/C16H22N2O3S.ClH/c17-13(11-1-2-11)10-18-16(19)5-8-22-12-3-4-14-15(9-12)21-7-6-20-14;/h3-4,9,11,13H,1-2,5-8,10,17H2,(H,18,19);1H. The molecule has 3 N–H and O–H groups in total. The summed E-state index contributed by atoms with van der Waals surface area (Å²) >= 11 is 1.65. The first-order valence-corrected chi connectivity index (χ1v) is 8.75. The van der Waals surface area contributed by atoms with Crippen LogP contribution in [0.3, 0.4) is 0 Å². The van der Waals surface area contributed by atoms with Crippen LogP contribution in [0.4, 0.5) is 0 Å². The maximum Gasteiger partial charge on any atom is 0.220 e. The largest absolute Gasteiger partial charge is 0.486 e. The van der Waals surface area contributed by atoms with Crippen LogP contribution in [0.15, 0.2) is 23.1 Å². The molecule has 1 unspecified atom stereocenters. The van der Waals surface area contributed by atoms with Crippen molar-refractivity contribution in [2.75, 3.05) is 25.5 Å². The number of hydrogen-bond donors (Lipinski definition) is 2. The van der Waals surface area contributed by atoms with E-state index in [4.69, 9.17) is 15.2 Å². The molecular weight excluding hydrogens is 336 g/mol. The third-order valence-electron chi connectivity index (χ3n) is 3.87. The number of halogens is 1. The first-order chi connectivity index (χ1) is 10.7. The third kappa shape index (κ3) is 5.48. The molecule has 0 bridgehead atoms. The van der Waals surface area contributed by atoms with Crippen molar-refractivity contribution < 1.29 is 14.3 Å². The number of benzene rings is 1. The number of amides is 1. The van der Waals surface area contributed by atoms with E-state index in [1.807, 2.05) is 18.2 Å². The van der Waals surface area contributed by atoms with Crippen LogP contribution < -0.4 is 20.5 Å². The number of rotatable bonds is 7. The molecule has 7 heteroatoms. The quantitative estimate of drug-likeness (QED) is 0.731. The molecule has 1 fully saturated rings. The van der Waals surface area contributed by atoms with E-state index in [1.165, 1.54) is 12.8 Å². The number of carbonyl (C=O) groups excluding carboxylic acids is 1. The van der Waals surface area contributed by atoms with Crippen LogP contribution in [-0.4, -0.2) is 37.5 Å². The number of nitrogens with one attached hydrogen (secondary N) is 1. The average Bonchev–Trinajstić information content (AvgIpc) is 3.37. The summed E-state index contributed by atoms with van der Waals surface area (Å²) in [5, 5.41) is 2.92. The highest BCUT2D eigenvalue weighted by molar-refractivity contribution is 7.99. The van der Waals surface area contributed by atoms with Crippen molar-refractivity contribution in [2.24, 2.45) is 11.7 Å². The molecule has 0 radical (unpaired) electrons. The fourth-order valence-electron chi connectivity index (χ4n) is 2.39. The van der Waals surface area contributed by atoms with Crippen molar-refractivity contribution in [1.29, 1.82) is 0 Å². The molecule has 128 valence electrons. The summed E-state index contributed by atoms with van der Waals surface area (Å²) in [7, 11) is 0. The molecule has 1 aliphatic carbocycles. The van der Waals surface area contributed by atoms with Crippen molar-refractivity contribution >= 4 is 30.1 Å². The molecule has 1 saturated carbocycles. The normalized spacial score (nSPS) is 17.1. The Hall–Kier alpha value is -1.11. The Morgan fingerprint density at radius 1 is 1.30 bits per heavy atom. The third-order valence-corrected chi connectivity index (χ3v) is 4.87. The van der Waals surface area contributed by atoms with Gasteiger partial charge in [-0.1, -0.05) is 0 Å². The minimum atomic E-state index is 0. The van der Waals surface area contributed by atoms with Crippen molar-refractivity contribution in [3.63, 3.8) is 0 Å². The van der Waals surface area contributed by atoms with Gasteiger partial charge < -0.3 is 20.5 Å². The SMILES string of the molecule is Cl.NC(CNC(=O)CCSc1ccc2c(c1)OCCO2)C1CC1. The zero-order valence-electron chi connectivity index (χ0n) is 13.0. The summed E-state index contributed by atoms with van der Waals surface area (Å²) in [5.41, 5.74) is 5.97. The molecule has 1 heterocycles. The Balaban J connectivity index is 0.00000192. The van der Waals surface area contributed by atoms with Gasteiger partial charge in [0.25, 0.3) is 0 Å². The molecule has 1 aromatic carbocycles. The summed E-state index contributed by atoms with van der Waals surface area (Å²) in [6.45, 7) is 1.78. The minimum Gasteiger partial charge on any atom is -0.486 e. The molecule has 5 nitrogen and oxygen atoms in total. The van der Waals surface area contributed by atoms with E-state index in [2.05, 4.69) is 5.32 Å². The zero-order valence-corrected chi connectivity index (χ0v) is 14.6. The lowest BCUT2D eigenvalue weighted by atomic mass is 10.2. The molecule has 1 amide bonds. The van der Waals surface area contributed by atoms with Crippen molar-refractivity contribution in [2.45, 2.75) is 30.2 Å². The van der Waals surface area contributed by atoms with E-state index in [0.717, 1.165) is 22.1 Å². The van der Waals surface area contributed by atoms with Gasteiger partial charge in [0.1, 0.15) is 13.2 Å². The van der Waals surface area contributed by atoms with E-state index in [0.29, 0.717) is 32.1 Å². The molecule has 0 aromatic heterocycles. The molecule has 1 atom stereocenters. The second-order valence-electron chi connectivity index (χ2n) is 5.71. The number of ether oxygens (including phenoxy) is 2. The lowest BCUT2D eigenvalue weighted by Crippen LogP contribution is -2.38. The molecular formula is C16H23ClN2O3S. The molecule has 1 aromatic rings. The van der Waals surface area contributed by atoms with Gasteiger partial charge in [-0.3, -0.25) is 4.79 Å². The van der Waals surface area contributed by atoms with Crippen molar-refractivity contribution in [3.8, 4) is 11.5 Å². The van der Waals surface area contributed by atoms with Gasteiger partial charge in [-0.2, -0.15) is 0 Å². The summed E-state index contributed by atoms with van der Waals surface area (Å²) in [5.74, 6) is 3.01.